The van der Waals surface area contributed by atoms with Crippen molar-refractivity contribution in [3.8, 4) is 22.6 Å². The lowest BCUT2D eigenvalue weighted by Crippen LogP contribution is -2.28. The number of thioether (sulfide) groups is 1. The Morgan fingerprint density at radius 2 is 1.69 bits per heavy atom. The van der Waals surface area contributed by atoms with Gasteiger partial charge in [-0.3, -0.25) is 9.67 Å². The molecule has 0 amide bonds. The molecule has 39 heavy (non-hydrogen) atoms. The Hall–Kier alpha value is -3.20. The monoisotopic (exact) mass is 559 g/mol. The van der Waals surface area contributed by atoms with Crippen molar-refractivity contribution >= 4 is 35.1 Å². The van der Waals surface area contributed by atoms with E-state index in [0.717, 1.165) is 77.1 Å². The van der Waals surface area contributed by atoms with E-state index >= 15 is 0 Å². The van der Waals surface area contributed by atoms with E-state index in [-0.39, 0.29) is 12.4 Å². The molecule has 5 aromatic rings. The van der Waals surface area contributed by atoms with Gasteiger partial charge in [-0.05, 0) is 62.1 Å². The number of fused-ring (bicyclic) bond motifs is 2. The van der Waals surface area contributed by atoms with Gasteiger partial charge in [-0.25, -0.2) is 0 Å². The molecule has 0 bridgehead atoms. The molecule has 0 aliphatic carbocycles. The first-order chi connectivity index (χ1) is 18.5. The molecular weight excluding hydrogens is 526 g/mol. The van der Waals surface area contributed by atoms with Gasteiger partial charge in [0, 0.05) is 61.7 Å². The van der Waals surface area contributed by atoms with Crippen molar-refractivity contribution < 1.29 is 0 Å². The van der Waals surface area contributed by atoms with Crippen LogP contribution < -0.4 is 0 Å². The van der Waals surface area contributed by atoms with Gasteiger partial charge in [-0.15, -0.1) is 22.6 Å². The Balaban J connectivity index is 0.00000308. The molecule has 0 fully saturated rings. The fourth-order valence-electron chi connectivity index (χ4n) is 5.43. The highest BCUT2D eigenvalue weighted by Gasteiger charge is 2.18. The maximum atomic E-state index is 4.68. The van der Waals surface area contributed by atoms with Crippen LogP contribution in [0.3, 0.4) is 0 Å². The minimum absolute atomic E-state index is 0. The van der Waals surface area contributed by atoms with E-state index < -0.39 is 0 Å². The fourth-order valence-corrected chi connectivity index (χ4v) is 6.34. The molecule has 1 aliphatic heterocycles. The predicted octanol–water partition coefficient (Wildman–Crippen LogP) is 5.66. The van der Waals surface area contributed by atoms with E-state index in [0.29, 0.717) is 0 Å². The van der Waals surface area contributed by atoms with Crippen LogP contribution in [0.4, 0.5) is 0 Å². The predicted molar refractivity (Wildman–Crippen MR) is 162 cm³/mol. The molecule has 3 aromatic heterocycles. The molecule has 1 aliphatic rings. The summed E-state index contributed by atoms with van der Waals surface area (Å²) in [4.78, 5) is 7.26. The average molecular weight is 560 g/mol. The molecule has 0 spiro atoms. The molecule has 0 unspecified atom stereocenters. The highest BCUT2D eigenvalue weighted by atomic mass is 35.5. The molecule has 6 rings (SSSR count). The summed E-state index contributed by atoms with van der Waals surface area (Å²) < 4.78 is 4.09. The normalized spacial score (nSPS) is 13.7. The zero-order valence-corrected chi connectivity index (χ0v) is 24.5. The smallest absolute Gasteiger partial charge is 0.191 e. The number of rotatable bonds is 6. The van der Waals surface area contributed by atoms with Crippen LogP contribution in [0.15, 0.2) is 59.8 Å². The zero-order chi connectivity index (χ0) is 26.2. The van der Waals surface area contributed by atoms with E-state index in [1.807, 2.05) is 31.6 Å². The quantitative estimate of drug-likeness (QED) is 0.250. The van der Waals surface area contributed by atoms with Gasteiger partial charge in [0.25, 0.3) is 0 Å². The van der Waals surface area contributed by atoms with Crippen molar-refractivity contribution in [3.63, 3.8) is 0 Å². The number of pyridine rings is 1. The Morgan fingerprint density at radius 3 is 2.49 bits per heavy atom. The highest BCUT2D eigenvalue weighted by Crippen LogP contribution is 2.29. The minimum Gasteiger partial charge on any atom is -0.305 e. The lowest BCUT2D eigenvalue weighted by atomic mass is 9.99. The second kappa shape index (κ2) is 11.5. The molecule has 0 radical (unpaired) electrons. The topological polar surface area (TPSA) is 64.7 Å². The van der Waals surface area contributed by atoms with Crippen LogP contribution in [0.1, 0.15) is 22.5 Å². The van der Waals surface area contributed by atoms with Crippen molar-refractivity contribution in [1.82, 2.24) is 34.4 Å². The van der Waals surface area contributed by atoms with Crippen molar-refractivity contribution in [2.45, 2.75) is 31.8 Å². The lowest BCUT2D eigenvalue weighted by molar-refractivity contribution is 0.306. The molecule has 2 aromatic carbocycles. The summed E-state index contributed by atoms with van der Waals surface area (Å²) in [5, 5.41) is 15.7. The average Bonchev–Trinajstić information content (AvgIpc) is 3.36. The summed E-state index contributed by atoms with van der Waals surface area (Å²) in [6.07, 6.45) is 2.17. The maximum Gasteiger partial charge on any atom is 0.191 e. The van der Waals surface area contributed by atoms with Gasteiger partial charge >= 0.3 is 0 Å². The summed E-state index contributed by atoms with van der Waals surface area (Å²) in [5.74, 6) is 1.87. The Bertz CT molecular complexity index is 1620. The molecule has 9 heteroatoms. The largest absolute Gasteiger partial charge is 0.305 e. The van der Waals surface area contributed by atoms with Crippen LogP contribution in [0.25, 0.3) is 33.5 Å². The van der Waals surface area contributed by atoms with Crippen LogP contribution in [0.2, 0.25) is 0 Å². The van der Waals surface area contributed by atoms with Crippen molar-refractivity contribution in [2.24, 2.45) is 14.1 Å². The van der Waals surface area contributed by atoms with Gasteiger partial charge in [0.05, 0.1) is 16.9 Å². The summed E-state index contributed by atoms with van der Waals surface area (Å²) in [6.45, 7) is 7.27. The first kappa shape index (κ1) is 27.4. The third-order valence-corrected chi connectivity index (χ3v) is 8.48. The number of hydrogen-bond acceptors (Lipinski definition) is 6. The van der Waals surface area contributed by atoms with Gasteiger partial charge in [0.1, 0.15) is 0 Å². The molecular formula is C30H34ClN7S. The van der Waals surface area contributed by atoms with Gasteiger partial charge in [-0.1, -0.05) is 42.1 Å². The van der Waals surface area contributed by atoms with E-state index in [1.165, 1.54) is 22.4 Å². The summed E-state index contributed by atoms with van der Waals surface area (Å²) in [6, 6.07) is 19.5. The lowest BCUT2D eigenvalue weighted by Gasteiger charge is -2.19. The number of halogens is 1. The molecule has 7 nitrogen and oxygen atoms in total. The fraction of sp³-hybridized carbons (Fsp3) is 0.333. The Morgan fingerprint density at radius 1 is 0.872 bits per heavy atom. The molecule has 0 N–H and O–H groups in total. The third-order valence-electron chi connectivity index (χ3n) is 7.48. The first-order valence-electron chi connectivity index (χ1n) is 13.2. The Labute approximate surface area is 240 Å². The van der Waals surface area contributed by atoms with Crippen LogP contribution >= 0.6 is 24.2 Å². The van der Waals surface area contributed by atoms with Crippen LogP contribution in [0, 0.1) is 13.8 Å². The standard InChI is InChI=1S/C30H33N7S.ClH/c1-20-8-11-25-26(6-5-7-27(25)31-20)29-32-33-30(35(29)3)38-17-16-37-14-12-22-9-10-24(19-23(22)13-15-37)28-18-21(2)34-36(28)4;/h5-11,18-19H,12-17H2,1-4H3;1H. The zero-order valence-electron chi connectivity index (χ0n) is 22.9. The van der Waals surface area contributed by atoms with Crippen LogP contribution in [-0.4, -0.2) is 59.8 Å². The minimum atomic E-state index is 0. The summed E-state index contributed by atoms with van der Waals surface area (Å²) >= 11 is 1.78. The third kappa shape index (κ3) is 5.60. The van der Waals surface area contributed by atoms with Gasteiger partial charge in [-0.2, -0.15) is 5.10 Å². The molecule has 202 valence electrons. The number of aryl methyl sites for hydroxylation is 3. The Kier molecular flexibility index (Phi) is 8.07. The molecule has 0 saturated carbocycles. The summed E-state index contributed by atoms with van der Waals surface area (Å²) in [7, 11) is 4.08. The van der Waals surface area contributed by atoms with E-state index in [9.17, 15) is 0 Å². The van der Waals surface area contributed by atoms with Gasteiger partial charge in [0.15, 0.2) is 11.0 Å². The SMILES string of the molecule is Cc1ccc2c(-c3nnc(SCCN4CCc5ccc(-c6cc(C)nn6C)cc5CC4)n3C)cccc2n1.Cl. The molecule has 0 atom stereocenters. The van der Waals surface area contributed by atoms with E-state index in [4.69, 9.17) is 0 Å². The second-order valence-electron chi connectivity index (χ2n) is 10.2. The summed E-state index contributed by atoms with van der Waals surface area (Å²) in [5.41, 5.74) is 9.51. The van der Waals surface area contributed by atoms with Gasteiger partial charge in [0.2, 0.25) is 0 Å². The molecule has 4 heterocycles. The van der Waals surface area contributed by atoms with Crippen molar-refractivity contribution in [2.75, 3.05) is 25.4 Å². The van der Waals surface area contributed by atoms with E-state index in [1.54, 1.807) is 11.8 Å². The first-order valence-corrected chi connectivity index (χ1v) is 14.2. The number of aromatic nitrogens is 6. The van der Waals surface area contributed by atoms with Crippen LogP contribution in [0.5, 0.6) is 0 Å². The number of benzene rings is 2. The van der Waals surface area contributed by atoms with Gasteiger partial charge < -0.3 is 9.47 Å². The van der Waals surface area contributed by atoms with Crippen LogP contribution in [-0.2, 0) is 26.9 Å². The van der Waals surface area contributed by atoms with Crippen molar-refractivity contribution in [3.05, 3.63) is 77.1 Å². The molecule has 0 saturated heterocycles. The number of hydrogen-bond donors (Lipinski definition) is 0. The number of nitrogens with zero attached hydrogens (tertiary/aromatic N) is 7. The second-order valence-corrected chi connectivity index (χ2v) is 11.2. The van der Waals surface area contributed by atoms with E-state index in [2.05, 4.69) is 85.3 Å². The maximum absolute atomic E-state index is 4.68. The van der Waals surface area contributed by atoms with Crippen molar-refractivity contribution in [1.29, 1.82) is 0 Å². The highest BCUT2D eigenvalue weighted by molar-refractivity contribution is 7.99.